The fourth-order valence-electron chi connectivity index (χ4n) is 3.46. The number of nitrogens with one attached hydrogen (secondary N) is 2. The molecule has 1 amide bonds. The predicted molar refractivity (Wildman–Crippen MR) is 92.6 cm³/mol. The highest BCUT2D eigenvalue weighted by Gasteiger charge is 2.30. The smallest absolute Gasteiger partial charge is 0.222 e. The van der Waals surface area contributed by atoms with E-state index < -0.39 is 0 Å². The molecule has 0 aliphatic carbocycles. The van der Waals surface area contributed by atoms with Crippen LogP contribution < -0.4 is 10.6 Å². The number of aliphatic imine (C=N–C) groups is 1. The van der Waals surface area contributed by atoms with Gasteiger partial charge in [-0.3, -0.25) is 9.79 Å². The van der Waals surface area contributed by atoms with Crippen LogP contribution in [-0.4, -0.2) is 61.7 Å². The van der Waals surface area contributed by atoms with Crippen LogP contribution in [0, 0.1) is 0 Å². The largest absolute Gasteiger partial charge is 0.373 e. The molecule has 0 aromatic heterocycles. The molecule has 2 N–H and O–H groups in total. The predicted octanol–water partition coefficient (Wildman–Crippen LogP) is 1.51. The Morgan fingerprint density at radius 3 is 2.83 bits per heavy atom. The molecule has 0 saturated carbocycles. The first-order valence-corrected chi connectivity index (χ1v) is 8.96. The van der Waals surface area contributed by atoms with Crippen molar-refractivity contribution in [1.29, 1.82) is 0 Å². The van der Waals surface area contributed by atoms with E-state index in [4.69, 9.17) is 4.74 Å². The van der Waals surface area contributed by atoms with Gasteiger partial charge in [0.15, 0.2) is 5.96 Å². The molecule has 2 fully saturated rings. The maximum absolute atomic E-state index is 11.9. The van der Waals surface area contributed by atoms with Crippen molar-refractivity contribution < 1.29 is 9.53 Å². The Labute approximate surface area is 140 Å². The summed E-state index contributed by atoms with van der Waals surface area (Å²) in [5.74, 6) is 1.12. The third-order valence-corrected chi connectivity index (χ3v) is 4.95. The van der Waals surface area contributed by atoms with E-state index in [9.17, 15) is 4.79 Å². The van der Waals surface area contributed by atoms with Gasteiger partial charge in [-0.1, -0.05) is 6.92 Å². The molecule has 6 nitrogen and oxygen atoms in total. The number of carbonyl (C=O) groups is 1. The van der Waals surface area contributed by atoms with Crippen LogP contribution in [0.5, 0.6) is 0 Å². The lowest BCUT2D eigenvalue weighted by Crippen LogP contribution is -2.46. The second kappa shape index (κ2) is 8.52. The quantitative estimate of drug-likeness (QED) is 0.550. The molecule has 6 heteroatoms. The molecule has 0 bridgehead atoms. The van der Waals surface area contributed by atoms with E-state index >= 15 is 0 Å². The van der Waals surface area contributed by atoms with Gasteiger partial charge < -0.3 is 20.3 Å². The van der Waals surface area contributed by atoms with Crippen LogP contribution in [0.15, 0.2) is 4.99 Å². The van der Waals surface area contributed by atoms with Gasteiger partial charge in [-0.25, -0.2) is 0 Å². The molecule has 2 saturated heterocycles. The number of amides is 1. The minimum absolute atomic E-state index is 0.0778. The van der Waals surface area contributed by atoms with Gasteiger partial charge in [0.2, 0.25) is 5.91 Å². The molecule has 0 radical (unpaired) electrons. The summed E-state index contributed by atoms with van der Waals surface area (Å²) in [4.78, 5) is 18.2. The molecule has 2 rings (SSSR count). The van der Waals surface area contributed by atoms with Crippen molar-refractivity contribution in [3.8, 4) is 0 Å². The van der Waals surface area contributed by atoms with Gasteiger partial charge in [-0.15, -0.1) is 0 Å². The van der Waals surface area contributed by atoms with E-state index in [1.54, 1.807) is 7.05 Å². The first kappa shape index (κ1) is 18.0. The van der Waals surface area contributed by atoms with Gasteiger partial charge in [0, 0.05) is 45.8 Å². The Hall–Kier alpha value is -1.30. The standard InChI is InChI=1S/C17H32N4O2/c1-4-14(21-11-5-7-15(21)22)8-10-19-16(18-3)20-13-17(2)9-6-12-23-17/h14H,4-13H2,1-3H3,(H2,18,19,20). The number of hydrogen-bond donors (Lipinski definition) is 2. The minimum Gasteiger partial charge on any atom is -0.373 e. The number of carbonyl (C=O) groups excluding carboxylic acids is 1. The molecule has 132 valence electrons. The summed E-state index contributed by atoms with van der Waals surface area (Å²) in [5, 5.41) is 6.71. The Balaban J connectivity index is 1.71. The van der Waals surface area contributed by atoms with E-state index in [0.717, 1.165) is 64.3 Å². The molecule has 23 heavy (non-hydrogen) atoms. The summed E-state index contributed by atoms with van der Waals surface area (Å²) < 4.78 is 5.79. The lowest BCUT2D eigenvalue weighted by atomic mass is 10.0. The molecule has 0 aromatic rings. The number of ether oxygens (including phenoxy) is 1. The van der Waals surface area contributed by atoms with Gasteiger partial charge in [0.05, 0.1) is 5.60 Å². The van der Waals surface area contributed by atoms with E-state index in [1.807, 2.05) is 4.90 Å². The Morgan fingerprint density at radius 2 is 2.26 bits per heavy atom. The van der Waals surface area contributed by atoms with E-state index in [-0.39, 0.29) is 5.60 Å². The summed E-state index contributed by atoms with van der Waals surface area (Å²) >= 11 is 0. The lowest BCUT2D eigenvalue weighted by molar-refractivity contribution is -0.129. The molecule has 0 aromatic carbocycles. The van der Waals surface area contributed by atoms with Crippen molar-refractivity contribution in [2.24, 2.45) is 4.99 Å². The summed E-state index contributed by atoms with van der Waals surface area (Å²) in [7, 11) is 1.79. The topological polar surface area (TPSA) is 66.0 Å². The number of likely N-dealkylation sites (tertiary alicyclic amines) is 1. The van der Waals surface area contributed by atoms with E-state index in [0.29, 0.717) is 18.4 Å². The molecule has 2 aliphatic rings. The van der Waals surface area contributed by atoms with Gasteiger partial charge >= 0.3 is 0 Å². The fourth-order valence-corrected chi connectivity index (χ4v) is 3.46. The van der Waals surface area contributed by atoms with Crippen molar-refractivity contribution in [2.75, 3.05) is 33.3 Å². The molecular weight excluding hydrogens is 292 g/mol. The van der Waals surface area contributed by atoms with E-state index in [1.165, 1.54) is 0 Å². The van der Waals surface area contributed by atoms with Crippen LogP contribution in [-0.2, 0) is 9.53 Å². The average Bonchev–Trinajstić information content (AvgIpc) is 3.16. The zero-order valence-electron chi connectivity index (χ0n) is 14.9. The van der Waals surface area contributed by atoms with Gasteiger partial charge in [0.25, 0.3) is 0 Å². The van der Waals surface area contributed by atoms with E-state index in [2.05, 4.69) is 29.5 Å². The maximum Gasteiger partial charge on any atom is 0.222 e. The Kier molecular flexibility index (Phi) is 6.69. The number of rotatable bonds is 7. The third-order valence-electron chi connectivity index (χ3n) is 4.95. The van der Waals surface area contributed by atoms with Gasteiger partial charge in [0.1, 0.15) is 0 Å². The normalized spacial score (nSPS) is 26.7. The molecule has 2 atom stereocenters. The van der Waals surface area contributed by atoms with Crippen LogP contribution in [0.1, 0.15) is 52.4 Å². The zero-order valence-corrected chi connectivity index (χ0v) is 14.9. The number of nitrogens with zero attached hydrogens (tertiary/aromatic N) is 2. The first-order chi connectivity index (χ1) is 11.1. The van der Waals surface area contributed by atoms with Crippen molar-refractivity contribution in [3.63, 3.8) is 0 Å². The lowest BCUT2D eigenvalue weighted by Gasteiger charge is -2.28. The SMILES string of the molecule is CCC(CCNC(=NC)NCC1(C)CCCO1)N1CCCC1=O. The minimum atomic E-state index is -0.0778. The van der Waals surface area contributed by atoms with Crippen LogP contribution in [0.3, 0.4) is 0 Å². The average molecular weight is 324 g/mol. The third kappa shape index (κ3) is 5.09. The monoisotopic (exact) mass is 324 g/mol. The highest BCUT2D eigenvalue weighted by Crippen LogP contribution is 2.23. The zero-order chi connectivity index (χ0) is 16.7. The van der Waals surface area contributed by atoms with Crippen molar-refractivity contribution in [2.45, 2.75) is 64.0 Å². The van der Waals surface area contributed by atoms with Crippen molar-refractivity contribution in [3.05, 3.63) is 0 Å². The van der Waals surface area contributed by atoms with Gasteiger partial charge in [-0.05, 0) is 39.0 Å². The maximum atomic E-state index is 11.9. The van der Waals surface area contributed by atoms with Crippen LogP contribution in [0.25, 0.3) is 0 Å². The van der Waals surface area contributed by atoms with Crippen LogP contribution in [0.4, 0.5) is 0 Å². The van der Waals surface area contributed by atoms with Crippen LogP contribution >= 0.6 is 0 Å². The second-order valence-electron chi connectivity index (χ2n) is 6.80. The first-order valence-electron chi connectivity index (χ1n) is 8.96. The van der Waals surface area contributed by atoms with Crippen LogP contribution in [0.2, 0.25) is 0 Å². The summed E-state index contributed by atoms with van der Waals surface area (Å²) in [6.07, 6.45) is 5.90. The highest BCUT2D eigenvalue weighted by molar-refractivity contribution is 5.80. The number of guanidine groups is 1. The number of hydrogen-bond acceptors (Lipinski definition) is 3. The summed E-state index contributed by atoms with van der Waals surface area (Å²) in [5.41, 5.74) is -0.0778. The second-order valence-corrected chi connectivity index (χ2v) is 6.80. The molecule has 2 aliphatic heterocycles. The van der Waals surface area contributed by atoms with Gasteiger partial charge in [-0.2, -0.15) is 0 Å². The highest BCUT2D eigenvalue weighted by atomic mass is 16.5. The Morgan fingerprint density at radius 1 is 1.43 bits per heavy atom. The van der Waals surface area contributed by atoms with Crippen molar-refractivity contribution >= 4 is 11.9 Å². The molecule has 2 unspecified atom stereocenters. The molecule has 2 heterocycles. The summed E-state index contributed by atoms with van der Waals surface area (Å²) in [6, 6.07) is 0.339. The summed E-state index contributed by atoms with van der Waals surface area (Å²) in [6.45, 7) is 7.66. The Bertz CT molecular complexity index is 419. The van der Waals surface area contributed by atoms with Crippen molar-refractivity contribution in [1.82, 2.24) is 15.5 Å². The molecule has 0 spiro atoms. The molecular formula is C17H32N4O2. The fraction of sp³-hybridized carbons (Fsp3) is 0.882.